The second kappa shape index (κ2) is 4.26. The number of amides is 1. The Kier molecular flexibility index (Phi) is 3.29. The lowest BCUT2D eigenvalue weighted by Crippen LogP contribution is -2.45. The van der Waals surface area contributed by atoms with E-state index in [0.29, 0.717) is 13.0 Å². The van der Waals surface area contributed by atoms with Crippen molar-refractivity contribution in [1.29, 1.82) is 0 Å². The molecular weight excluding hydrogens is 152 g/mol. The van der Waals surface area contributed by atoms with Crippen LogP contribution in [0.2, 0.25) is 0 Å². The predicted octanol–water partition coefficient (Wildman–Crippen LogP) is 0.512. The van der Waals surface area contributed by atoms with Crippen LogP contribution < -0.4 is 5.73 Å². The highest BCUT2D eigenvalue weighted by molar-refractivity contribution is 5.77. The maximum absolute atomic E-state index is 11.3. The van der Waals surface area contributed by atoms with Gasteiger partial charge in [-0.3, -0.25) is 4.79 Å². The molecule has 1 atom stereocenters. The van der Waals surface area contributed by atoms with Gasteiger partial charge in [-0.25, -0.2) is 0 Å². The summed E-state index contributed by atoms with van der Waals surface area (Å²) in [5.74, 6) is 0.153. The molecule has 0 bridgehead atoms. The van der Waals surface area contributed by atoms with Gasteiger partial charge < -0.3 is 10.6 Å². The van der Waals surface area contributed by atoms with Gasteiger partial charge in [0.2, 0.25) is 5.91 Å². The number of likely N-dealkylation sites (tertiary alicyclic amines) is 1. The van der Waals surface area contributed by atoms with Crippen LogP contribution in [0.3, 0.4) is 0 Å². The van der Waals surface area contributed by atoms with Gasteiger partial charge in [-0.05, 0) is 12.8 Å². The summed E-state index contributed by atoms with van der Waals surface area (Å²) in [5, 5.41) is 0. The Hall–Kier alpha value is -0.830. The zero-order chi connectivity index (χ0) is 8.97. The maximum atomic E-state index is 11.3. The first-order valence-electron chi connectivity index (χ1n) is 4.38. The average Bonchev–Trinajstić information content (AvgIpc) is 2.05. The third-order valence-corrected chi connectivity index (χ3v) is 2.13. The van der Waals surface area contributed by atoms with Crippen molar-refractivity contribution < 1.29 is 4.79 Å². The second-order valence-corrected chi connectivity index (χ2v) is 3.23. The minimum atomic E-state index is 0.153. The van der Waals surface area contributed by atoms with Crippen LogP contribution in [-0.2, 0) is 4.79 Å². The predicted molar refractivity (Wildman–Crippen MR) is 48.6 cm³/mol. The van der Waals surface area contributed by atoms with Gasteiger partial charge in [0.25, 0.3) is 0 Å². The minimum Gasteiger partial charge on any atom is -0.341 e. The number of piperidine rings is 1. The van der Waals surface area contributed by atoms with Gasteiger partial charge in [-0.1, -0.05) is 6.08 Å². The van der Waals surface area contributed by atoms with E-state index < -0.39 is 0 Å². The Balaban J connectivity index is 2.39. The lowest BCUT2D eigenvalue weighted by molar-refractivity contribution is -0.131. The number of nitrogens with zero attached hydrogens (tertiary/aromatic N) is 1. The van der Waals surface area contributed by atoms with Crippen LogP contribution in [0.5, 0.6) is 0 Å². The van der Waals surface area contributed by atoms with Crippen LogP contribution in [0.1, 0.15) is 19.3 Å². The number of rotatable bonds is 2. The number of carbonyl (C=O) groups is 1. The quantitative estimate of drug-likeness (QED) is 0.611. The van der Waals surface area contributed by atoms with Gasteiger partial charge in [0, 0.05) is 25.6 Å². The first-order chi connectivity index (χ1) is 5.74. The van der Waals surface area contributed by atoms with Gasteiger partial charge in [0.05, 0.1) is 0 Å². The molecule has 0 aliphatic carbocycles. The van der Waals surface area contributed by atoms with Crippen molar-refractivity contribution in [2.75, 3.05) is 13.1 Å². The molecule has 3 nitrogen and oxygen atoms in total. The van der Waals surface area contributed by atoms with E-state index in [2.05, 4.69) is 6.58 Å². The van der Waals surface area contributed by atoms with Gasteiger partial charge >= 0.3 is 0 Å². The van der Waals surface area contributed by atoms with Crippen LogP contribution in [0.4, 0.5) is 0 Å². The molecule has 1 heterocycles. The molecule has 0 aromatic heterocycles. The molecule has 0 radical (unpaired) electrons. The van der Waals surface area contributed by atoms with E-state index >= 15 is 0 Å². The van der Waals surface area contributed by atoms with Crippen molar-refractivity contribution in [2.45, 2.75) is 25.3 Å². The molecule has 0 saturated carbocycles. The van der Waals surface area contributed by atoms with Crippen LogP contribution in [0, 0.1) is 0 Å². The molecule has 1 rings (SSSR count). The van der Waals surface area contributed by atoms with Crippen LogP contribution >= 0.6 is 0 Å². The Bertz CT molecular complexity index is 179. The highest BCUT2D eigenvalue weighted by atomic mass is 16.2. The monoisotopic (exact) mass is 168 g/mol. The summed E-state index contributed by atoms with van der Waals surface area (Å²) in [6, 6.07) is 0.174. The molecule has 3 heteroatoms. The van der Waals surface area contributed by atoms with Gasteiger partial charge in [0.1, 0.15) is 0 Å². The molecule has 0 spiro atoms. The van der Waals surface area contributed by atoms with Crippen LogP contribution in [0.25, 0.3) is 0 Å². The number of hydrogen-bond donors (Lipinski definition) is 1. The summed E-state index contributed by atoms with van der Waals surface area (Å²) in [6.45, 7) is 5.11. The van der Waals surface area contributed by atoms with Crippen molar-refractivity contribution in [3.8, 4) is 0 Å². The van der Waals surface area contributed by atoms with E-state index in [1.807, 2.05) is 4.90 Å². The third kappa shape index (κ3) is 2.34. The fourth-order valence-corrected chi connectivity index (χ4v) is 1.49. The summed E-state index contributed by atoms with van der Waals surface area (Å²) in [7, 11) is 0. The highest BCUT2D eigenvalue weighted by Gasteiger charge is 2.19. The molecule has 1 aliphatic heterocycles. The standard InChI is InChI=1S/C9H16N2O/c1-2-4-9(12)11-6-3-5-8(10)7-11/h2,8H,1,3-7,10H2/t8-/m1/s1. The lowest BCUT2D eigenvalue weighted by Gasteiger charge is -2.30. The summed E-state index contributed by atoms with van der Waals surface area (Å²) in [6.07, 6.45) is 4.15. The van der Waals surface area contributed by atoms with Crippen molar-refractivity contribution in [2.24, 2.45) is 5.73 Å². The minimum absolute atomic E-state index is 0.153. The molecule has 1 saturated heterocycles. The summed E-state index contributed by atoms with van der Waals surface area (Å²) in [5.41, 5.74) is 5.74. The molecule has 0 unspecified atom stereocenters. The zero-order valence-corrected chi connectivity index (χ0v) is 7.33. The second-order valence-electron chi connectivity index (χ2n) is 3.23. The van der Waals surface area contributed by atoms with Gasteiger partial charge in [0.15, 0.2) is 0 Å². The molecule has 2 N–H and O–H groups in total. The Morgan fingerprint density at radius 1 is 1.75 bits per heavy atom. The SMILES string of the molecule is C=CCC(=O)N1CCC[C@@H](N)C1. The van der Waals surface area contributed by atoms with Crippen molar-refractivity contribution >= 4 is 5.91 Å². The Labute approximate surface area is 73.2 Å². The third-order valence-electron chi connectivity index (χ3n) is 2.13. The molecule has 1 amide bonds. The van der Waals surface area contributed by atoms with E-state index in [1.54, 1.807) is 6.08 Å². The van der Waals surface area contributed by atoms with E-state index in [-0.39, 0.29) is 11.9 Å². The summed E-state index contributed by atoms with van der Waals surface area (Å²) in [4.78, 5) is 13.2. The number of hydrogen-bond acceptors (Lipinski definition) is 2. The van der Waals surface area contributed by atoms with Crippen molar-refractivity contribution in [3.05, 3.63) is 12.7 Å². The molecular formula is C9H16N2O. The average molecular weight is 168 g/mol. The molecule has 68 valence electrons. The molecule has 0 aromatic rings. The molecule has 1 aliphatic rings. The fourth-order valence-electron chi connectivity index (χ4n) is 1.49. The summed E-state index contributed by atoms with van der Waals surface area (Å²) >= 11 is 0. The van der Waals surface area contributed by atoms with Crippen LogP contribution in [-0.4, -0.2) is 29.9 Å². The number of carbonyl (C=O) groups excluding carboxylic acids is 1. The first-order valence-corrected chi connectivity index (χ1v) is 4.38. The molecule has 12 heavy (non-hydrogen) atoms. The lowest BCUT2D eigenvalue weighted by atomic mass is 10.1. The topological polar surface area (TPSA) is 46.3 Å². The Morgan fingerprint density at radius 3 is 3.08 bits per heavy atom. The van der Waals surface area contributed by atoms with Crippen LogP contribution in [0.15, 0.2) is 12.7 Å². The zero-order valence-electron chi connectivity index (χ0n) is 7.33. The van der Waals surface area contributed by atoms with E-state index in [0.717, 1.165) is 19.4 Å². The van der Waals surface area contributed by atoms with E-state index in [9.17, 15) is 4.79 Å². The smallest absolute Gasteiger partial charge is 0.226 e. The van der Waals surface area contributed by atoms with Gasteiger partial charge in [-0.2, -0.15) is 0 Å². The maximum Gasteiger partial charge on any atom is 0.226 e. The molecule has 1 fully saturated rings. The largest absolute Gasteiger partial charge is 0.341 e. The van der Waals surface area contributed by atoms with Crippen molar-refractivity contribution in [1.82, 2.24) is 4.90 Å². The fraction of sp³-hybridized carbons (Fsp3) is 0.667. The number of nitrogens with two attached hydrogens (primary N) is 1. The Morgan fingerprint density at radius 2 is 2.50 bits per heavy atom. The summed E-state index contributed by atoms with van der Waals surface area (Å²) < 4.78 is 0. The highest BCUT2D eigenvalue weighted by Crippen LogP contribution is 2.09. The normalized spacial score (nSPS) is 23.8. The van der Waals surface area contributed by atoms with Gasteiger partial charge in [-0.15, -0.1) is 6.58 Å². The molecule has 0 aromatic carbocycles. The van der Waals surface area contributed by atoms with Crippen molar-refractivity contribution in [3.63, 3.8) is 0 Å². The van der Waals surface area contributed by atoms with E-state index in [4.69, 9.17) is 5.73 Å². The van der Waals surface area contributed by atoms with E-state index in [1.165, 1.54) is 0 Å². The first kappa shape index (κ1) is 9.26.